The molecule has 1 atom stereocenters. The number of hydrogen-bond donors (Lipinski definition) is 1. The Kier molecular flexibility index (Phi) is 4.43. The van der Waals surface area contributed by atoms with E-state index in [9.17, 15) is 10.1 Å². The van der Waals surface area contributed by atoms with E-state index in [1.807, 2.05) is 0 Å². The minimum Gasteiger partial charge on any atom is -0.310 e. The van der Waals surface area contributed by atoms with Gasteiger partial charge in [-0.2, -0.15) is 0 Å². The molecule has 0 heterocycles. The maximum Gasteiger partial charge on any atom is 0.269 e. The summed E-state index contributed by atoms with van der Waals surface area (Å²) in [7, 11) is 0. The van der Waals surface area contributed by atoms with Crippen LogP contribution in [-0.4, -0.2) is 11.0 Å². The van der Waals surface area contributed by atoms with Crippen molar-refractivity contribution in [3.63, 3.8) is 0 Å². The monoisotopic (exact) mass is 222 g/mol. The van der Waals surface area contributed by atoms with Gasteiger partial charge in [-0.15, -0.1) is 0 Å². The molecule has 1 rings (SSSR count). The first-order chi connectivity index (χ1) is 7.50. The Morgan fingerprint density at radius 1 is 1.25 bits per heavy atom. The van der Waals surface area contributed by atoms with E-state index in [2.05, 4.69) is 26.1 Å². The number of nitrogens with one attached hydrogen (secondary N) is 1. The lowest BCUT2D eigenvalue weighted by molar-refractivity contribution is -0.384. The number of nitro groups is 1. The molecule has 0 aromatic heterocycles. The van der Waals surface area contributed by atoms with Gasteiger partial charge in [0.15, 0.2) is 0 Å². The van der Waals surface area contributed by atoms with Gasteiger partial charge < -0.3 is 5.32 Å². The summed E-state index contributed by atoms with van der Waals surface area (Å²) < 4.78 is 0. The molecule has 0 aliphatic rings. The third-order valence-electron chi connectivity index (χ3n) is 2.78. The average Bonchev–Trinajstić information content (AvgIpc) is 2.26. The van der Waals surface area contributed by atoms with Crippen LogP contribution in [0.3, 0.4) is 0 Å². The maximum absolute atomic E-state index is 10.5. The van der Waals surface area contributed by atoms with Crippen LogP contribution in [0.1, 0.15) is 26.3 Å². The Morgan fingerprint density at radius 2 is 1.81 bits per heavy atom. The van der Waals surface area contributed by atoms with Gasteiger partial charge in [0, 0.05) is 24.7 Å². The lowest BCUT2D eigenvalue weighted by atomic mass is 10.1. The number of benzene rings is 1. The molecule has 0 radical (unpaired) electrons. The minimum absolute atomic E-state index is 0.139. The Morgan fingerprint density at radius 3 is 2.25 bits per heavy atom. The molecule has 1 aromatic carbocycles. The molecule has 16 heavy (non-hydrogen) atoms. The van der Waals surface area contributed by atoms with Crippen molar-refractivity contribution in [2.24, 2.45) is 5.92 Å². The van der Waals surface area contributed by atoms with Crippen molar-refractivity contribution in [1.82, 2.24) is 5.32 Å². The highest BCUT2D eigenvalue weighted by Crippen LogP contribution is 2.12. The van der Waals surface area contributed by atoms with Crippen LogP contribution in [0.5, 0.6) is 0 Å². The minimum atomic E-state index is -0.381. The number of rotatable bonds is 5. The van der Waals surface area contributed by atoms with E-state index < -0.39 is 0 Å². The van der Waals surface area contributed by atoms with Crippen molar-refractivity contribution in [2.45, 2.75) is 33.4 Å². The topological polar surface area (TPSA) is 55.2 Å². The van der Waals surface area contributed by atoms with Crippen LogP contribution in [0, 0.1) is 16.0 Å². The van der Waals surface area contributed by atoms with Gasteiger partial charge in [0.05, 0.1) is 4.92 Å². The summed E-state index contributed by atoms with van der Waals surface area (Å²) in [5, 5.41) is 13.8. The second-order valence-electron chi connectivity index (χ2n) is 4.34. The molecule has 0 spiro atoms. The predicted molar refractivity (Wildman–Crippen MR) is 64.2 cm³/mol. The second kappa shape index (κ2) is 5.61. The highest BCUT2D eigenvalue weighted by Gasteiger charge is 2.07. The van der Waals surface area contributed by atoms with E-state index >= 15 is 0 Å². The van der Waals surface area contributed by atoms with E-state index in [4.69, 9.17) is 0 Å². The number of nitro benzene ring substituents is 1. The number of hydrogen-bond acceptors (Lipinski definition) is 3. The van der Waals surface area contributed by atoms with Crippen molar-refractivity contribution >= 4 is 5.69 Å². The molecule has 0 saturated heterocycles. The molecule has 1 N–H and O–H groups in total. The van der Waals surface area contributed by atoms with E-state index in [1.54, 1.807) is 12.1 Å². The van der Waals surface area contributed by atoms with Crippen molar-refractivity contribution < 1.29 is 4.92 Å². The summed E-state index contributed by atoms with van der Waals surface area (Å²) >= 11 is 0. The highest BCUT2D eigenvalue weighted by molar-refractivity contribution is 5.32. The summed E-state index contributed by atoms with van der Waals surface area (Å²) in [6.45, 7) is 7.20. The van der Waals surface area contributed by atoms with Gasteiger partial charge in [-0.3, -0.25) is 10.1 Å². The molecule has 0 fully saturated rings. The summed E-state index contributed by atoms with van der Waals surface area (Å²) in [5.74, 6) is 0.582. The molecular weight excluding hydrogens is 204 g/mol. The van der Waals surface area contributed by atoms with Crippen LogP contribution in [0.4, 0.5) is 5.69 Å². The fourth-order valence-corrected chi connectivity index (χ4v) is 1.25. The number of nitrogens with zero attached hydrogens (tertiary/aromatic N) is 1. The zero-order valence-corrected chi connectivity index (χ0v) is 9.93. The third kappa shape index (κ3) is 3.62. The number of non-ortho nitro benzene ring substituents is 1. The van der Waals surface area contributed by atoms with Crippen LogP contribution < -0.4 is 5.32 Å². The highest BCUT2D eigenvalue weighted by atomic mass is 16.6. The van der Waals surface area contributed by atoms with Crippen molar-refractivity contribution in [2.75, 3.05) is 0 Å². The smallest absolute Gasteiger partial charge is 0.269 e. The summed E-state index contributed by atoms with van der Waals surface area (Å²) in [6, 6.07) is 7.10. The normalized spacial score (nSPS) is 12.8. The van der Waals surface area contributed by atoms with Gasteiger partial charge >= 0.3 is 0 Å². The fraction of sp³-hybridized carbons (Fsp3) is 0.500. The van der Waals surface area contributed by atoms with E-state index in [0.29, 0.717) is 12.0 Å². The van der Waals surface area contributed by atoms with Gasteiger partial charge in [-0.1, -0.05) is 26.0 Å². The van der Waals surface area contributed by atoms with Crippen LogP contribution >= 0.6 is 0 Å². The van der Waals surface area contributed by atoms with Crippen LogP contribution in [-0.2, 0) is 6.54 Å². The molecule has 1 aromatic rings. The van der Waals surface area contributed by atoms with E-state index in [-0.39, 0.29) is 10.6 Å². The predicted octanol–water partition coefficient (Wildman–Crippen LogP) is 2.73. The SMILES string of the molecule is CC(C)C(C)NCc1ccc([N+](=O)[O-])cc1. The molecule has 0 aliphatic heterocycles. The van der Waals surface area contributed by atoms with Gasteiger partial charge in [0.1, 0.15) is 0 Å². The Balaban J connectivity index is 2.53. The quantitative estimate of drug-likeness (QED) is 0.615. The second-order valence-corrected chi connectivity index (χ2v) is 4.34. The van der Waals surface area contributed by atoms with Crippen LogP contribution in [0.2, 0.25) is 0 Å². The largest absolute Gasteiger partial charge is 0.310 e. The zero-order valence-electron chi connectivity index (χ0n) is 9.93. The first-order valence-electron chi connectivity index (χ1n) is 5.47. The van der Waals surface area contributed by atoms with Crippen molar-refractivity contribution in [1.29, 1.82) is 0 Å². The van der Waals surface area contributed by atoms with E-state index in [1.165, 1.54) is 12.1 Å². The Bertz CT molecular complexity index is 347. The van der Waals surface area contributed by atoms with Gasteiger partial charge in [-0.25, -0.2) is 0 Å². The molecule has 0 saturated carbocycles. The van der Waals surface area contributed by atoms with Gasteiger partial charge in [0.2, 0.25) is 0 Å². The summed E-state index contributed by atoms with van der Waals surface area (Å²) in [5.41, 5.74) is 1.21. The van der Waals surface area contributed by atoms with Crippen LogP contribution in [0.15, 0.2) is 24.3 Å². The molecule has 1 unspecified atom stereocenters. The summed E-state index contributed by atoms with van der Waals surface area (Å²) in [6.07, 6.45) is 0. The molecule has 0 amide bonds. The summed E-state index contributed by atoms with van der Waals surface area (Å²) in [4.78, 5) is 10.1. The lowest BCUT2D eigenvalue weighted by Gasteiger charge is -2.17. The van der Waals surface area contributed by atoms with Gasteiger partial charge in [0.25, 0.3) is 5.69 Å². The average molecular weight is 222 g/mol. The first kappa shape index (κ1) is 12.6. The Hall–Kier alpha value is -1.42. The first-order valence-corrected chi connectivity index (χ1v) is 5.47. The molecule has 88 valence electrons. The molecular formula is C12H18N2O2. The third-order valence-corrected chi connectivity index (χ3v) is 2.78. The molecule has 4 heteroatoms. The van der Waals surface area contributed by atoms with Crippen LogP contribution in [0.25, 0.3) is 0 Å². The molecule has 4 nitrogen and oxygen atoms in total. The Labute approximate surface area is 95.8 Å². The van der Waals surface area contributed by atoms with Crippen molar-refractivity contribution in [3.8, 4) is 0 Å². The van der Waals surface area contributed by atoms with Crippen molar-refractivity contribution in [3.05, 3.63) is 39.9 Å². The standard InChI is InChI=1S/C12H18N2O2/c1-9(2)10(3)13-8-11-4-6-12(7-5-11)14(15)16/h4-7,9-10,13H,8H2,1-3H3. The fourth-order valence-electron chi connectivity index (χ4n) is 1.25. The maximum atomic E-state index is 10.5. The lowest BCUT2D eigenvalue weighted by Crippen LogP contribution is -2.30. The van der Waals surface area contributed by atoms with E-state index in [0.717, 1.165) is 12.1 Å². The van der Waals surface area contributed by atoms with Gasteiger partial charge in [-0.05, 0) is 18.4 Å². The molecule has 0 bridgehead atoms. The zero-order chi connectivity index (χ0) is 12.1. The molecule has 0 aliphatic carbocycles.